The average molecular weight is 496 g/mol. The Morgan fingerprint density at radius 2 is 1.57 bits per heavy atom. The highest BCUT2D eigenvalue weighted by atomic mass is 32.2. The number of hydrogen-bond acceptors (Lipinski definition) is 6. The molecule has 0 aliphatic carbocycles. The number of carbonyl (C=O) groups excluding carboxylic acids is 2. The van der Waals surface area contributed by atoms with Crippen LogP contribution in [0.1, 0.15) is 10.4 Å². The average Bonchev–Trinajstić information content (AvgIpc) is 2.89. The third-order valence-corrected chi connectivity index (χ3v) is 7.16. The lowest BCUT2D eigenvalue weighted by molar-refractivity contribution is -0.118. The van der Waals surface area contributed by atoms with Gasteiger partial charge in [0.15, 0.2) is 6.61 Å². The van der Waals surface area contributed by atoms with E-state index in [0.29, 0.717) is 49.0 Å². The number of nitrogens with zero attached hydrogens (tertiary/aromatic N) is 1. The summed E-state index contributed by atoms with van der Waals surface area (Å²) in [6.45, 7) is 1.11. The van der Waals surface area contributed by atoms with Gasteiger partial charge >= 0.3 is 0 Å². The van der Waals surface area contributed by atoms with Crippen molar-refractivity contribution in [3.63, 3.8) is 0 Å². The van der Waals surface area contributed by atoms with Crippen LogP contribution in [0.2, 0.25) is 0 Å². The summed E-state index contributed by atoms with van der Waals surface area (Å²) in [5.41, 5.74) is 1.51. The first-order valence-corrected chi connectivity index (χ1v) is 12.4. The Balaban J connectivity index is 1.30. The number of rotatable bonds is 8. The number of anilines is 2. The highest BCUT2D eigenvalue weighted by Crippen LogP contribution is 2.20. The molecular weight excluding hydrogens is 470 g/mol. The zero-order valence-corrected chi connectivity index (χ0v) is 19.7. The molecule has 0 radical (unpaired) electrons. The van der Waals surface area contributed by atoms with Gasteiger partial charge in [-0.3, -0.25) is 9.59 Å². The van der Waals surface area contributed by atoms with E-state index in [1.165, 1.54) is 28.6 Å². The topological polar surface area (TPSA) is 114 Å². The Kier molecular flexibility index (Phi) is 7.76. The van der Waals surface area contributed by atoms with E-state index in [2.05, 4.69) is 10.6 Å². The fourth-order valence-corrected chi connectivity index (χ4v) is 4.86. The van der Waals surface area contributed by atoms with E-state index in [-0.39, 0.29) is 17.4 Å². The highest BCUT2D eigenvalue weighted by molar-refractivity contribution is 7.89. The molecule has 1 fully saturated rings. The molecule has 10 heteroatoms. The van der Waals surface area contributed by atoms with Gasteiger partial charge in [0.05, 0.1) is 18.1 Å². The normalized spacial score (nSPS) is 14.2. The zero-order valence-electron chi connectivity index (χ0n) is 18.8. The van der Waals surface area contributed by atoms with E-state index in [0.717, 1.165) is 0 Å². The van der Waals surface area contributed by atoms with Gasteiger partial charge in [-0.2, -0.15) is 4.31 Å². The molecule has 1 aliphatic heterocycles. The molecule has 2 N–H and O–H groups in total. The molecule has 4 rings (SSSR count). The van der Waals surface area contributed by atoms with Gasteiger partial charge in [-0.05, 0) is 48.5 Å². The molecular formula is C25H25N3O6S. The standard InChI is InChI=1S/C25H25N3O6S/c29-24(26-20-9-11-23(12-10-20)35(31,32)28-13-15-33-16-14-28)18-34-22-8-4-7-21(17-22)27-25(30)19-5-2-1-3-6-19/h1-12,17H,13-16,18H2,(H,26,29)(H,27,30). The molecule has 0 bridgehead atoms. The van der Waals surface area contributed by atoms with Gasteiger partial charge < -0.3 is 20.1 Å². The number of amides is 2. The number of sulfonamides is 1. The Bertz CT molecular complexity index is 1270. The van der Waals surface area contributed by atoms with E-state index in [9.17, 15) is 18.0 Å². The van der Waals surface area contributed by atoms with E-state index >= 15 is 0 Å². The first kappa shape index (κ1) is 24.4. The molecule has 9 nitrogen and oxygen atoms in total. The van der Waals surface area contributed by atoms with Gasteiger partial charge in [0.1, 0.15) is 5.75 Å². The van der Waals surface area contributed by atoms with Crippen molar-refractivity contribution in [1.82, 2.24) is 4.31 Å². The number of nitrogens with one attached hydrogen (secondary N) is 2. The van der Waals surface area contributed by atoms with Gasteiger partial charge in [-0.15, -0.1) is 0 Å². The Labute approximate surface area is 203 Å². The van der Waals surface area contributed by atoms with Crippen molar-refractivity contribution in [2.45, 2.75) is 4.90 Å². The fourth-order valence-electron chi connectivity index (χ4n) is 3.45. The van der Waals surface area contributed by atoms with Crippen molar-refractivity contribution in [1.29, 1.82) is 0 Å². The lowest BCUT2D eigenvalue weighted by Gasteiger charge is -2.26. The summed E-state index contributed by atoms with van der Waals surface area (Å²) in [6, 6.07) is 21.5. The maximum absolute atomic E-state index is 12.7. The Hall–Kier alpha value is -3.73. The van der Waals surface area contributed by atoms with Crippen molar-refractivity contribution >= 4 is 33.2 Å². The van der Waals surface area contributed by atoms with Crippen LogP contribution in [0.4, 0.5) is 11.4 Å². The van der Waals surface area contributed by atoms with Gasteiger partial charge in [0, 0.05) is 36.1 Å². The number of morpholine rings is 1. The second-order valence-electron chi connectivity index (χ2n) is 7.73. The summed E-state index contributed by atoms with van der Waals surface area (Å²) in [6.07, 6.45) is 0. The molecule has 1 heterocycles. The van der Waals surface area contributed by atoms with E-state index in [4.69, 9.17) is 9.47 Å². The van der Waals surface area contributed by atoms with Gasteiger partial charge in [-0.1, -0.05) is 24.3 Å². The molecule has 2 amide bonds. The quantitative estimate of drug-likeness (QED) is 0.497. The fraction of sp³-hybridized carbons (Fsp3) is 0.200. The first-order chi connectivity index (χ1) is 16.9. The molecule has 0 saturated carbocycles. The van der Waals surface area contributed by atoms with Gasteiger partial charge in [-0.25, -0.2) is 8.42 Å². The zero-order chi connectivity index (χ0) is 24.7. The minimum Gasteiger partial charge on any atom is -0.484 e. The van der Waals surface area contributed by atoms with Crippen LogP contribution < -0.4 is 15.4 Å². The lowest BCUT2D eigenvalue weighted by atomic mass is 10.2. The number of benzene rings is 3. The van der Waals surface area contributed by atoms with Crippen LogP contribution in [0.25, 0.3) is 0 Å². The maximum Gasteiger partial charge on any atom is 0.262 e. The predicted molar refractivity (Wildman–Crippen MR) is 131 cm³/mol. The molecule has 35 heavy (non-hydrogen) atoms. The second kappa shape index (κ2) is 11.1. The lowest BCUT2D eigenvalue weighted by Crippen LogP contribution is -2.40. The largest absolute Gasteiger partial charge is 0.484 e. The molecule has 1 saturated heterocycles. The molecule has 3 aromatic rings. The molecule has 0 unspecified atom stereocenters. The third kappa shape index (κ3) is 6.44. The van der Waals surface area contributed by atoms with Crippen LogP contribution >= 0.6 is 0 Å². The predicted octanol–water partition coefficient (Wildman–Crippen LogP) is 2.98. The minimum atomic E-state index is -3.60. The Morgan fingerprint density at radius 3 is 2.29 bits per heavy atom. The van der Waals surface area contributed by atoms with Crippen molar-refractivity contribution in [3.8, 4) is 5.75 Å². The highest BCUT2D eigenvalue weighted by Gasteiger charge is 2.26. The van der Waals surface area contributed by atoms with Crippen molar-refractivity contribution in [2.75, 3.05) is 43.5 Å². The van der Waals surface area contributed by atoms with Gasteiger partial charge in [0.2, 0.25) is 10.0 Å². The summed E-state index contributed by atoms with van der Waals surface area (Å²) in [7, 11) is -3.60. The summed E-state index contributed by atoms with van der Waals surface area (Å²) in [5, 5.41) is 5.46. The molecule has 0 aromatic heterocycles. The van der Waals surface area contributed by atoms with Crippen LogP contribution in [-0.4, -0.2) is 57.4 Å². The van der Waals surface area contributed by atoms with Crippen molar-refractivity contribution < 1.29 is 27.5 Å². The Morgan fingerprint density at radius 1 is 0.857 bits per heavy atom. The van der Waals surface area contributed by atoms with Gasteiger partial charge in [0.25, 0.3) is 11.8 Å². The summed E-state index contributed by atoms with van der Waals surface area (Å²) in [5.74, 6) is -0.245. The molecule has 0 spiro atoms. The number of hydrogen-bond donors (Lipinski definition) is 2. The van der Waals surface area contributed by atoms with Crippen LogP contribution in [0.5, 0.6) is 5.75 Å². The van der Waals surface area contributed by atoms with Crippen molar-refractivity contribution in [2.24, 2.45) is 0 Å². The monoisotopic (exact) mass is 495 g/mol. The molecule has 182 valence electrons. The summed E-state index contributed by atoms with van der Waals surface area (Å²) in [4.78, 5) is 24.8. The smallest absolute Gasteiger partial charge is 0.262 e. The molecule has 1 aliphatic rings. The van der Waals surface area contributed by atoms with Crippen LogP contribution in [0.15, 0.2) is 83.8 Å². The number of ether oxygens (including phenoxy) is 2. The first-order valence-electron chi connectivity index (χ1n) is 11.0. The molecule has 0 atom stereocenters. The molecule has 3 aromatic carbocycles. The second-order valence-corrected chi connectivity index (χ2v) is 9.66. The summed E-state index contributed by atoms with van der Waals surface area (Å²) >= 11 is 0. The number of carbonyl (C=O) groups is 2. The van der Waals surface area contributed by atoms with Crippen LogP contribution in [0, 0.1) is 0 Å². The maximum atomic E-state index is 12.7. The minimum absolute atomic E-state index is 0.156. The van der Waals surface area contributed by atoms with Crippen LogP contribution in [0.3, 0.4) is 0 Å². The SMILES string of the molecule is O=C(COc1cccc(NC(=O)c2ccccc2)c1)Nc1ccc(S(=O)(=O)N2CCOCC2)cc1. The van der Waals surface area contributed by atoms with Crippen LogP contribution in [-0.2, 0) is 19.6 Å². The van der Waals surface area contributed by atoms with Crippen molar-refractivity contribution in [3.05, 3.63) is 84.4 Å². The van der Waals surface area contributed by atoms with E-state index in [1.807, 2.05) is 6.07 Å². The summed E-state index contributed by atoms with van der Waals surface area (Å²) < 4.78 is 37.5. The third-order valence-electron chi connectivity index (χ3n) is 5.24. The van der Waals surface area contributed by atoms with E-state index in [1.54, 1.807) is 48.5 Å². The van der Waals surface area contributed by atoms with E-state index < -0.39 is 15.9 Å².